The standard InChI is InChI=1S/C35H26N2O2/c36-23-28-21-31-30(22-29(28)32(24-13-5-1-6-14-24)25-15-7-2-8-16-25)34(38)37-35(31,39)33(26-17-9-3-10-18-26)27-19-11-4-12-20-27/h1-22,32-33,39H,(H,37,38). The third-order valence-electron chi connectivity index (χ3n) is 7.53. The summed E-state index contributed by atoms with van der Waals surface area (Å²) in [7, 11) is 0. The summed E-state index contributed by atoms with van der Waals surface area (Å²) in [6, 6.07) is 45.1. The van der Waals surface area contributed by atoms with Gasteiger partial charge in [-0.2, -0.15) is 5.26 Å². The van der Waals surface area contributed by atoms with E-state index in [4.69, 9.17) is 0 Å². The molecule has 5 aromatic rings. The molecule has 0 spiro atoms. The molecule has 0 bridgehead atoms. The molecule has 4 nitrogen and oxygen atoms in total. The zero-order valence-electron chi connectivity index (χ0n) is 21.2. The second-order valence-corrected chi connectivity index (χ2v) is 9.83. The number of aliphatic hydroxyl groups is 1. The molecule has 1 amide bonds. The van der Waals surface area contributed by atoms with Crippen molar-refractivity contribution in [3.8, 4) is 6.07 Å². The lowest BCUT2D eigenvalue weighted by atomic mass is 9.77. The average molecular weight is 507 g/mol. The van der Waals surface area contributed by atoms with E-state index < -0.39 is 11.6 Å². The zero-order valence-corrected chi connectivity index (χ0v) is 21.2. The van der Waals surface area contributed by atoms with Gasteiger partial charge in [0.15, 0.2) is 5.72 Å². The number of fused-ring (bicyclic) bond motifs is 1. The van der Waals surface area contributed by atoms with E-state index in [1.54, 1.807) is 12.1 Å². The van der Waals surface area contributed by atoms with E-state index >= 15 is 0 Å². The summed E-state index contributed by atoms with van der Waals surface area (Å²) in [5, 5.41) is 25.6. The minimum absolute atomic E-state index is 0.257. The Bertz CT molecular complexity index is 1580. The van der Waals surface area contributed by atoms with Gasteiger partial charge in [-0.25, -0.2) is 0 Å². The van der Waals surface area contributed by atoms with E-state index in [-0.39, 0.29) is 11.8 Å². The van der Waals surface area contributed by atoms with Gasteiger partial charge in [0, 0.05) is 17.0 Å². The van der Waals surface area contributed by atoms with Crippen LogP contribution in [0.4, 0.5) is 0 Å². The lowest BCUT2D eigenvalue weighted by molar-refractivity contribution is -0.00187. The molecule has 4 heteroatoms. The normalized spacial score (nSPS) is 16.1. The number of benzene rings is 5. The number of carbonyl (C=O) groups excluding carboxylic acids is 1. The van der Waals surface area contributed by atoms with E-state index in [0.29, 0.717) is 16.7 Å². The van der Waals surface area contributed by atoms with Crippen molar-refractivity contribution in [2.45, 2.75) is 17.6 Å². The Morgan fingerprint density at radius 3 is 1.54 bits per heavy atom. The third kappa shape index (κ3) is 4.29. The summed E-state index contributed by atoms with van der Waals surface area (Å²) >= 11 is 0. The highest BCUT2D eigenvalue weighted by Crippen LogP contribution is 2.46. The molecule has 1 atom stereocenters. The molecule has 0 aliphatic carbocycles. The van der Waals surface area contributed by atoms with Crippen LogP contribution in [0, 0.1) is 11.3 Å². The van der Waals surface area contributed by atoms with Crippen molar-refractivity contribution in [1.29, 1.82) is 5.26 Å². The molecule has 0 saturated heterocycles. The van der Waals surface area contributed by atoms with Gasteiger partial charge in [0.1, 0.15) is 0 Å². The number of hydrogen-bond donors (Lipinski definition) is 2. The Kier molecular flexibility index (Phi) is 6.28. The van der Waals surface area contributed by atoms with Gasteiger partial charge in [-0.15, -0.1) is 0 Å². The molecule has 0 aromatic heterocycles. The van der Waals surface area contributed by atoms with Gasteiger partial charge < -0.3 is 10.4 Å². The van der Waals surface area contributed by atoms with Crippen molar-refractivity contribution in [2.75, 3.05) is 0 Å². The van der Waals surface area contributed by atoms with Crippen molar-refractivity contribution in [3.63, 3.8) is 0 Å². The molecule has 5 aromatic carbocycles. The number of nitriles is 1. The van der Waals surface area contributed by atoms with E-state index in [1.807, 2.05) is 121 Å². The van der Waals surface area contributed by atoms with Crippen molar-refractivity contribution in [3.05, 3.63) is 178 Å². The summed E-state index contributed by atoms with van der Waals surface area (Å²) in [6.45, 7) is 0. The molecule has 1 unspecified atom stereocenters. The van der Waals surface area contributed by atoms with Gasteiger partial charge in [0.25, 0.3) is 5.91 Å². The summed E-state index contributed by atoms with van der Waals surface area (Å²) < 4.78 is 0. The van der Waals surface area contributed by atoms with Crippen molar-refractivity contribution < 1.29 is 9.90 Å². The highest BCUT2D eigenvalue weighted by atomic mass is 16.3. The smallest absolute Gasteiger partial charge is 0.254 e. The SMILES string of the molecule is N#Cc1cc2c(cc1C(c1ccccc1)c1ccccc1)C(=O)NC2(O)C(c1ccccc1)c1ccccc1. The van der Waals surface area contributed by atoms with Crippen LogP contribution in [0.25, 0.3) is 0 Å². The second-order valence-electron chi connectivity index (χ2n) is 9.83. The molecule has 188 valence electrons. The number of nitrogens with zero attached hydrogens (tertiary/aromatic N) is 1. The molecular weight excluding hydrogens is 480 g/mol. The molecule has 1 heterocycles. The summed E-state index contributed by atoms with van der Waals surface area (Å²) in [4.78, 5) is 13.5. The maximum atomic E-state index is 13.5. The van der Waals surface area contributed by atoms with Gasteiger partial charge >= 0.3 is 0 Å². The highest BCUT2D eigenvalue weighted by molar-refractivity contribution is 6.00. The number of rotatable bonds is 6. The molecule has 0 radical (unpaired) electrons. The first kappa shape index (κ1) is 24.4. The monoisotopic (exact) mass is 506 g/mol. The number of carbonyl (C=O) groups is 1. The summed E-state index contributed by atoms with van der Waals surface area (Å²) in [5.41, 5.74) is 3.92. The van der Waals surface area contributed by atoms with Crippen molar-refractivity contribution in [2.24, 2.45) is 0 Å². The Balaban J connectivity index is 1.56. The van der Waals surface area contributed by atoms with E-state index in [9.17, 15) is 15.2 Å². The quantitative estimate of drug-likeness (QED) is 0.260. The largest absolute Gasteiger partial charge is 0.366 e. The fraction of sp³-hybridized carbons (Fsp3) is 0.0857. The van der Waals surface area contributed by atoms with Gasteiger partial charge in [-0.3, -0.25) is 4.79 Å². The summed E-state index contributed by atoms with van der Waals surface area (Å²) in [5.74, 6) is -1.20. The van der Waals surface area contributed by atoms with Gasteiger partial charge in [-0.1, -0.05) is 121 Å². The topological polar surface area (TPSA) is 73.1 Å². The Hall–Kier alpha value is -4.98. The second kappa shape index (κ2) is 10.1. The van der Waals surface area contributed by atoms with Crippen LogP contribution in [0.1, 0.15) is 61.1 Å². The molecular formula is C35H26N2O2. The van der Waals surface area contributed by atoms with Crippen molar-refractivity contribution >= 4 is 5.91 Å². The zero-order chi connectivity index (χ0) is 26.8. The van der Waals surface area contributed by atoms with Crippen LogP contribution in [0.15, 0.2) is 133 Å². The molecule has 6 rings (SSSR count). The maximum absolute atomic E-state index is 13.5. The molecule has 0 saturated carbocycles. The molecule has 2 N–H and O–H groups in total. The Morgan fingerprint density at radius 1 is 0.667 bits per heavy atom. The van der Waals surface area contributed by atoms with Crippen LogP contribution in [-0.4, -0.2) is 11.0 Å². The highest BCUT2D eigenvalue weighted by Gasteiger charge is 2.49. The van der Waals surface area contributed by atoms with Crippen LogP contribution in [0.2, 0.25) is 0 Å². The number of amides is 1. The fourth-order valence-corrected chi connectivity index (χ4v) is 5.80. The lowest BCUT2D eigenvalue weighted by Gasteiger charge is -2.34. The van der Waals surface area contributed by atoms with Crippen LogP contribution < -0.4 is 5.32 Å². The third-order valence-corrected chi connectivity index (χ3v) is 7.53. The Morgan fingerprint density at radius 2 is 1.10 bits per heavy atom. The van der Waals surface area contributed by atoms with E-state index in [1.165, 1.54) is 0 Å². The van der Waals surface area contributed by atoms with Crippen LogP contribution in [0.3, 0.4) is 0 Å². The number of hydrogen-bond acceptors (Lipinski definition) is 3. The van der Waals surface area contributed by atoms with Gasteiger partial charge in [-0.05, 0) is 39.9 Å². The predicted octanol–water partition coefficient (Wildman–Crippen LogP) is 6.46. The van der Waals surface area contributed by atoms with Gasteiger partial charge in [0.2, 0.25) is 0 Å². The molecule has 1 aliphatic rings. The van der Waals surface area contributed by atoms with Crippen molar-refractivity contribution in [1.82, 2.24) is 5.32 Å². The van der Waals surface area contributed by atoms with Crippen LogP contribution in [0.5, 0.6) is 0 Å². The van der Waals surface area contributed by atoms with Crippen LogP contribution in [-0.2, 0) is 5.72 Å². The summed E-state index contributed by atoms with van der Waals surface area (Å²) in [6.07, 6.45) is 0. The number of nitrogens with one attached hydrogen (secondary N) is 1. The van der Waals surface area contributed by atoms with E-state index in [2.05, 4.69) is 11.4 Å². The molecule has 1 aliphatic heterocycles. The van der Waals surface area contributed by atoms with Crippen LogP contribution >= 0.6 is 0 Å². The molecule has 0 fully saturated rings. The minimum Gasteiger partial charge on any atom is -0.366 e. The Labute approximate surface area is 227 Å². The average Bonchev–Trinajstić information content (AvgIpc) is 3.24. The fourth-order valence-electron chi connectivity index (χ4n) is 5.80. The lowest BCUT2D eigenvalue weighted by Crippen LogP contribution is -2.45. The maximum Gasteiger partial charge on any atom is 0.254 e. The first-order chi connectivity index (χ1) is 19.1. The van der Waals surface area contributed by atoms with E-state index in [0.717, 1.165) is 27.8 Å². The first-order valence-electron chi connectivity index (χ1n) is 12.9. The first-order valence-corrected chi connectivity index (χ1v) is 12.9. The minimum atomic E-state index is -1.74. The van der Waals surface area contributed by atoms with Gasteiger partial charge in [0.05, 0.1) is 17.6 Å². The predicted molar refractivity (Wildman–Crippen MR) is 151 cm³/mol. The molecule has 39 heavy (non-hydrogen) atoms.